The molecule has 7 heavy (non-hydrogen) atoms. The second kappa shape index (κ2) is 11.8. The summed E-state index contributed by atoms with van der Waals surface area (Å²) in [4.78, 5) is 0. The summed E-state index contributed by atoms with van der Waals surface area (Å²) in [7, 11) is -0.683. The summed E-state index contributed by atoms with van der Waals surface area (Å²) in [5.41, 5.74) is 0. The third-order valence-electron chi connectivity index (χ3n) is 0. The van der Waals surface area contributed by atoms with Gasteiger partial charge in [-0.15, -0.1) is 0 Å². The molecule has 0 bridgehead atoms. The number of hydrogen-bond donors (Lipinski definition) is 1. The second-order valence-corrected chi connectivity index (χ2v) is 76.0. The van der Waals surface area contributed by atoms with Crippen molar-refractivity contribution >= 4 is 63.3 Å². The van der Waals surface area contributed by atoms with Gasteiger partial charge in [-0.1, -0.05) is 0 Å². The maximum absolute atomic E-state index is 7.57. The number of aliphatic hydroxyl groups is 1. The third-order valence-corrected chi connectivity index (χ3v) is 0. The molecule has 0 unspecified atom stereocenters. The van der Waals surface area contributed by atoms with Gasteiger partial charge in [-0.05, 0) is 6.92 Å². The molecular weight excluding hydrogens is 630 g/mol. The molecule has 0 fully saturated rings. The first-order valence-electron chi connectivity index (χ1n) is 1.53. The van der Waals surface area contributed by atoms with E-state index in [1.54, 1.807) is 6.92 Å². The molecule has 0 aliphatic carbocycles. The van der Waals surface area contributed by atoms with E-state index in [9.17, 15) is 0 Å². The van der Waals surface area contributed by atoms with Crippen molar-refractivity contribution < 1.29 is 5.11 Å². The Hall–Kier alpha value is 3.03. The van der Waals surface area contributed by atoms with Gasteiger partial charge < -0.3 is 5.11 Å². The molecule has 0 saturated heterocycles. The number of aliphatic hydroxyl groups excluding tert-OH is 1. The maximum atomic E-state index is 7.57. The van der Waals surface area contributed by atoms with Crippen LogP contribution < -0.4 is 0 Å². The molecule has 0 aromatic rings. The predicted octanol–water partition coefficient (Wildman–Crippen LogP) is 2.27. The summed E-state index contributed by atoms with van der Waals surface area (Å²) < 4.78 is 0. The monoisotopic (exact) mass is 636 g/mol. The summed E-state index contributed by atoms with van der Waals surface area (Å²) >= 11 is 7.56. The zero-order chi connectivity index (χ0) is 6.28. The van der Waals surface area contributed by atoms with Gasteiger partial charge in [0.15, 0.2) is 0 Å². The van der Waals surface area contributed by atoms with Crippen molar-refractivity contribution in [2.45, 2.75) is 6.92 Å². The molecule has 1 N–H and O–H groups in total. The first-order chi connectivity index (χ1) is 3.15. The van der Waals surface area contributed by atoms with Crippen molar-refractivity contribution in [3.05, 3.63) is 0 Å². The molecule has 1 nitrogen and oxygen atoms in total. The van der Waals surface area contributed by atoms with Crippen molar-refractivity contribution in [1.29, 1.82) is 0 Å². The van der Waals surface area contributed by atoms with Crippen LogP contribution in [0.5, 0.6) is 0 Å². The minimum atomic E-state index is -0.683. The Morgan fingerprint density at radius 3 is 1.43 bits per heavy atom. The minimum absolute atomic E-state index is 0.250. The predicted molar refractivity (Wildman–Crippen MR) is 60.6 cm³/mol. The van der Waals surface area contributed by atoms with Gasteiger partial charge in [0.1, 0.15) is 0 Å². The van der Waals surface area contributed by atoms with Gasteiger partial charge >= 0.3 is 63.3 Å². The standard InChI is InChI=1S/C2H6O.Bi.3HI/c1-2-3;;;;/h3H,2H2,1H3;;3*1H/q;+3;;;/p-3. The zero-order valence-electron chi connectivity index (χ0n) is 3.74. The van der Waals surface area contributed by atoms with E-state index in [0.717, 1.165) is 0 Å². The van der Waals surface area contributed by atoms with Crippen LogP contribution in [0.25, 0.3) is 0 Å². The topological polar surface area (TPSA) is 20.2 Å². The van der Waals surface area contributed by atoms with E-state index < -0.39 is 9.18 Å². The molecular formula is C2H6BiI3O. The SMILES string of the molecule is CCO.[I][Bi]([I])[I]. The molecule has 46 valence electrons. The summed E-state index contributed by atoms with van der Waals surface area (Å²) in [5.74, 6) is 0. The second-order valence-electron chi connectivity index (χ2n) is 0.508. The van der Waals surface area contributed by atoms with Crippen LogP contribution in [-0.4, -0.2) is 20.9 Å². The van der Waals surface area contributed by atoms with Crippen LogP contribution in [-0.2, 0) is 0 Å². The number of rotatable bonds is 0. The Morgan fingerprint density at radius 1 is 1.43 bits per heavy atom. The summed E-state index contributed by atoms with van der Waals surface area (Å²) in [5, 5.41) is 7.57. The third kappa shape index (κ3) is 48.6. The molecule has 0 aliphatic rings. The van der Waals surface area contributed by atoms with E-state index in [2.05, 4.69) is 54.1 Å². The van der Waals surface area contributed by atoms with Gasteiger partial charge in [0.2, 0.25) is 0 Å². The molecule has 0 atom stereocenters. The molecule has 0 radical (unpaired) electrons. The Bertz CT molecular complexity index is 24.1. The van der Waals surface area contributed by atoms with Crippen LogP contribution >= 0.6 is 54.1 Å². The molecule has 0 aromatic heterocycles. The van der Waals surface area contributed by atoms with Crippen molar-refractivity contribution in [3.8, 4) is 0 Å². The van der Waals surface area contributed by atoms with Crippen molar-refractivity contribution in [3.63, 3.8) is 0 Å². The molecule has 0 spiro atoms. The fourth-order valence-electron chi connectivity index (χ4n) is 0. The van der Waals surface area contributed by atoms with Crippen LogP contribution in [0.3, 0.4) is 0 Å². The Labute approximate surface area is 79.8 Å². The molecule has 0 saturated carbocycles. The zero-order valence-corrected chi connectivity index (χ0v) is 13.7. The van der Waals surface area contributed by atoms with Crippen LogP contribution in [0.1, 0.15) is 6.92 Å². The Balaban J connectivity index is 0. The van der Waals surface area contributed by atoms with Crippen LogP contribution in [0, 0.1) is 0 Å². The van der Waals surface area contributed by atoms with E-state index >= 15 is 0 Å². The van der Waals surface area contributed by atoms with Gasteiger partial charge in [-0.2, -0.15) is 0 Å². The number of halogens is 3. The average molecular weight is 636 g/mol. The summed E-state index contributed by atoms with van der Waals surface area (Å²) in [6.07, 6.45) is 0. The van der Waals surface area contributed by atoms with E-state index in [-0.39, 0.29) is 6.61 Å². The first-order valence-corrected chi connectivity index (χ1v) is 30.9. The van der Waals surface area contributed by atoms with Gasteiger partial charge in [0, 0.05) is 6.61 Å². The summed E-state index contributed by atoms with van der Waals surface area (Å²) in [6, 6.07) is 0. The molecule has 0 heterocycles. The Kier molecular flexibility index (Phi) is 21.4. The normalized spacial score (nSPS) is 7.71. The van der Waals surface area contributed by atoms with E-state index in [1.165, 1.54) is 0 Å². The number of hydrogen-bond acceptors (Lipinski definition) is 1. The van der Waals surface area contributed by atoms with E-state index in [0.29, 0.717) is 0 Å². The van der Waals surface area contributed by atoms with Gasteiger partial charge in [-0.25, -0.2) is 0 Å². The Morgan fingerprint density at radius 2 is 1.43 bits per heavy atom. The summed E-state index contributed by atoms with van der Waals surface area (Å²) in [6.45, 7) is 1.93. The van der Waals surface area contributed by atoms with Gasteiger partial charge in [-0.3, -0.25) is 0 Å². The van der Waals surface area contributed by atoms with Gasteiger partial charge in [0.25, 0.3) is 0 Å². The molecule has 0 amide bonds. The molecule has 0 aromatic carbocycles. The van der Waals surface area contributed by atoms with Crippen LogP contribution in [0.4, 0.5) is 0 Å². The molecule has 0 aliphatic heterocycles. The van der Waals surface area contributed by atoms with Gasteiger partial charge in [0.05, 0.1) is 0 Å². The van der Waals surface area contributed by atoms with Crippen molar-refractivity contribution in [1.82, 2.24) is 0 Å². The molecule has 5 heteroatoms. The van der Waals surface area contributed by atoms with Crippen molar-refractivity contribution in [2.75, 3.05) is 6.61 Å². The molecule has 0 rings (SSSR count). The average Bonchev–Trinajstić information content (AvgIpc) is 1.33. The first kappa shape index (κ1) is 12.7. The quantitative estimate of drug-likeness (QED) is 0.320. The van der Waals surface area contributed by atoms with E-state index in [4.69, 9.17) is 5.11 Å². The fourth-order valence-corrected chi connectivity index (χ4v) is 0. The van der Waals surface area contributed by atoms with E-state index in [1.807, 2.05) is 0 Å². The van der Waals surface area contributed by atoms with Crippen molar-refractivity contribution in [2.24, 2.45) is 0 Å². The van der Waals surface area contributed by atoms with Crippen LogP contribution in [0.15, 0.2) is 0 Å². The van der Waals surface area contributed by atoms with Crippen LogP contribution in [0.2, 0.25) is 0 Å². The fraction of sp³-hybridized carbons (Fsp3) is 1.00.